The van der Waals surface area contributed by atoms with Crippen LogP contribution in [0.2, 0.25) is 0 Å². The van der Waals surface area contributed by atoms with Crippen molar-refractivity contribution in [1.82, 2.24) is 30.2 Å². The zero-order valence-corrected chi connectivity index (χ0v) is 16.1. The van der Waals surface area contributed by atoms with Crippen LogP contribution >= 0.6 is 0 Å². The zero-order chi connectivity index (χ0) is 21.6. The molecule has 0 saturated carbocycles. The van der Waals surface area contributed by atoms with Gasteiger partial charge in [0.2, 0.25) is 5.91 Å². The first-order valence-corrected chi connectivity index (χ1v) is 8.89. The fraction of sp³-hybridized carbons (Fsp3) is 0.471. The summed E-state index contributed by atoms with van der Waals surface area (Å²) in [5.74, 6) is -3.01. The summed E-state index contributed by atoms with van der Waals surface area (Å²) in [5, 5.41) is 21.9. The Morgan fingerprint density at radius 2 is 1.66 bits per heavy atom. The summed E-state index contributed by atoms with van der Waals surface area (Å²) in [7, 11) is 1.33. The zero-order valence-electron chi connectivity index (χ0n) is 16.1. The molecule has 0 aliphatic heterocycles. The molecule has 158 valence electrons. The second kappa shape index (κ2) is 9.80. The molecule has 0 bridgehead atoms. The summed E-state index contributed by atoms with van der Waals surface area (Å²) in [4.78, 5) is 50.4. The lowest BCUT2D eigenvalue weighted by Crippen LogP contribution is -2.59. The first-order valence-electron chi connectivity index (χ1n) is 8.89. The number of carboxylic acids is 2. The predicted molar refractivity (Wildman–Crippen MR) is 101 cm³/mol. The molecule has 4 atom stereocenters. The molecule has 2 heterocycles. The number of carbonyl (C=O) groups excluding carboxylic acids is 1. The van der Waals surface area contributed by atoms with Crippen LogP contribution in [-0.4, -0.2) is 84.1 Å². The number of nitrogens with one attached hydrogen (secondary N) is 3. The molecule has 4 unspecified atom stereocenters. The smallest absolute Gasteiger partial charge is 0.328 e. The summed E-state index contributed by atoms with van der Waals surface area (Å²) in [6.07, 6.45) is 6.12. The van der Waals surface area contributed by atoms with Gasteiger partial charge in [0.15, 0.2) is 0 Å². The quantitative estimate of drug-likeness (QED) is 0.260. The van der Waals surface area contributed by atoms with E-state index in [0.717, 1.165) is 4.90 Å². The number of hydrogen-bond acceptors (Lipinski definition) is 7. The maximum absolute atomic E-state index is 12.6. The van der Waals surface area contributed by atoms with Crippen molar-refractivity contribution in [3.05, 3.63) is 36.4 Å². The van der Waals surface area contributed by atoms with Crippen molar-refractivity contribution in [2.75, 3.05) is 7.05 Å². The highest BCUT2D eigenvalue weighted by Crippen LogP contribution is 2.10. The Morgan fingerprint density at radius 3 is 2.10 bits per heavy atom. The molecule has 0 aromatic carbocycles. The van der Waals surface area contributed by atoms with Gasteiger partial charge in [-0.1, -0.05) is 0 Å². The summed E-state index contributed by atoms with van der Waals surface area (Å²) < 4.78 is 0. The van der Waals surface area contributed by atoms with E-state index >= 15 is 0 Å². The average molecular weight is 407 g/mol. The van der Waals surface area contributed by atoms with E-state index in [1.54, 1.807) is 0 Å². The number of aromatic nitrogens is 4. The van der Waals surface area contributed by atoms with Gasteiger partial charge in [-0.3, -0.25) is 14.9 Å². The van der Waals surface area contributed by atoms with Gasteiger partial charge >= 0.3 is 11.9 Å². The Hall–Kier alpha value is -3.25. The monoisotopic (exact) mass is 407 g/mol. The fourth-order valence-corrected chi connectivity index (χ4v) is 3.08. The van der Waals surface area contributed by atoms with Crippen LogP contribution in [0.4, 0.5) is 0 Å². The van der Waals surface area contributed by atoms with Crippen molar-refractivity contribution in [3.8, 4) is 0 Å². The molecule has 1 amide bonds. The molecule has 12 nitrogen and oxygen atoms in total. The molecule has 0 radical (unpaired) electrons. The van der Waals surface area contributed by atoms with E-state index in [1.807, 2.05) is 0 Å². The number of carboxylic acid groups (broad SMARTS) is 2. The molecule has 0 fully saturated rings. The van der Waals surface area contributed by atoms with E-state index in [-0.39, 0.29) is 12.8 Å². The van der Waals surface area contributed by atoms with Gasteiger partial charge in [0.05, 0.1) is 18.7 Å². The third-order valence-corrected chi connectivity index (χ3v) is 4.54. The Kier molecular flexibility index (Phi) is 7.45. The van der Waals surface area contributed by atoms with Crippen LogP contribution in [0.5, 0.6) is 0 Å². The van der Waals surface area contributed by atoms with E-state index in [0.29, 0.717) is 11.4 Å². The largest absolute Gasteiger partial charge is 0.480 e. The highest BCUT2D eigenvalue weighted by Gasteiger charge is 2.36. The number of hydrogen-bond donors (Lipinski definition) is 6. The number of H-pyrrole nitrogens is 2. The van der Waals surface area contributed by atoms with E-state index in [2.05, 4.69) is 25.3 Å². The molecular formula is C17H25N7O5. The number of likely N-dealkylation sites (N-methyl/N-ethyl adjacent to an activating group) is 1. The number of nitrogens with two attached hydrogens (primary N) is 1. The molecule has 0 aliphatic carbocycles. The lowest BCUT2D eigenvalue weighted by molar-refractivity contribution is -0.151. The first-order chi connectivity index (χ1) is 13.7. The topological polar surface area (TPSA) is 190 Å². The number of rotatable bonds is 11. The van der Waals surface area contributed by atoms with Gasteiger partial charge in [0, 0.05) is 49.7 Å². The third kappa shape index (κ3) is 5.86. The minimum Gasteiger partial charge on any atom is -0.480 e. The van der Waals surface area contributed by atoms with Crippen LogP contribution < -0.4 is 11.1 Å². The van der Waals surface area contributed by atoms with Gasteiger partial charge in [0.1, 0.15) is 12.1 Å². The van der Waals surface area contributed by atoms with Gasteiger partial charge in [-0.05, 0) is 6.92 Å². The normalized spacial score (nSPS) is 15.3. The second-order valence-corrected chi connectivity index (χ2v) is 6.75. The molecular weight excluding hydrogens is 382 g/mol. The maximum atomic E-state index is 12.6. The van der Waals surface area contributed by atoms with Gasteiger partial charge in [-0.15, -0.1) is 0 Å². The van der Waals surface area contributed by atoms with Crippen LogP contribution in [0.3, 0.4) is 0 Å². The average Bonchev–Trinajstić information content (AvgIpc) is 3.34. The van der Waals surface area contributed by atoms with Crippen molar-refractivity contribution in [2.24, 2.45) is 5.73 Å². The fourth-order valence-electron chi connectivity index (χ4n) is 3.08. The van der Waals surface area contributed by atoms with E-state index in [4.69, 9.17) is 5.73 Å². The van der Waals surface area contributed by atoms with Crippen molar-refractivity contribution < 1.29 is 24.6 Å². The predicted octanol–water partition coefficient (Wildman–Crippen LogP) is -1.41. The molecule has 7 N–H and O–H groups in total. The number of amides is 1. The summed E-state index contributed by atoms with van der Waals surface area (Å²) in [5.41, 5.74) is 7.15. The van der Waals surface area contributed by atoms with Gasteiger partial charge in [-0.25, -0.2) is 14.8 Å². The lowest BCUT2D eigenvalue weighted by Gasteiger charge is -2.33. The maximum Gasteiger partial charge on any atom is 0.328 e. The SMILES string of the molecule is CC(NC(Cc1cnc[nH]1)C(=O)O)C(C(=O)O)N(C)C(=O)C(N)Cc1cnc[nH]1. The van der Waals surface area contributed by atoms with E-state index < -0.39 is 42.0 Å². The molecule has 0 aliphatic rings. The number of carbonyl (C=O) groups is 3. The molecule has 12 heteroatoms. The summed E-state index contributed by atoms with van der Waals surface area (Å²) in [6.45, 7) is 1.51. The molecule has 0 saturated heterocycles. The van der Waals surface area contributed by atoms with Crippen LogP contribution in [0.15, 0.2) is 25.0 Å². The number of aromatic amines is 2. The minimum absolute atomic E-state index is 0.0724. The molecule has 0 spiro atoms. The molecule has 2 aromatic heterocycles. The van der Waals surface area contributed by atoms with Crippen LogP contribution in [0, 0.1) is 0 Å². The minimum atomic E-state index is -1.32. The van der Waals surface area contributed by atoms with Gasteiger partial charge in [-0.2, -0.15) is 0 Å². The standard InChI is InChI=1S/C17H25N7O5/c1-9(23-13(16(26)27)4-11-6-20-8-22-11)14(17(28)29)24(2)15(25)12(18)3-10-5-19-7-21-10/h5-9,12-14,23H,3-4,18H2,1-2H3,(H,19,21)(H,20,22)(H,26,27)(H,28,29). The Labute approximate surface area is 166 Å². The highest BCUT2D eigenvalue weighted by molar-refractivity contribution is 5.87. The number of nitrogens with zero attached hydrogens (tertiary/aromatic N) is 3. The molecule has 2 rings (SSSR count). The first kappa shape index (κ1) is 22.0. The van der Waals surface area contributed by atoms with Crippen molar-refractivity contribution in [2.45, 2.75) is 43.9 Å². The van der Waals surface area contributed by atoms with Crippen molar-refractivity contribution in [3.63, 3.8) is 0 Å². The van der Waals surface area contributed by atoms with E-state index in [1.165, 1.54) is 39.0 Å². The van der Waals surface area contributed by atoms with Gasteiger partial charge < -0.3 is 30.8 Å². The Morgan fingerprint density at radius 1 is 1.10 bits per heavy atom. The van der Waals surface area contributed by atoms with Gasteiger partial charge in [0.25, 0.3) is 0 Å². The van der Waals surface area contributed by atoms with Crippen molar-refractivity contribution in [1.29, 1.82) is 0 Å². The highest BCUT2D eigenvalue weighted by atomic mass is 16.4. The summed E-state index contributed by atoms with van der Waals surface area (Å²) in [6, 6.07) is -4.24. The van der Waals surface area contributed by atoms with Crippen LogP contribution in [-0.2, 0) is 27.2 Å². The Balaban J connectivity index is 2.08. The summed E-state index contributed by atoms with van der Waals surface area (Å²) >= 11 is 0. The number of imidazole rings is 2. The second-order valence-electron chi connectivity index (χ2n) is 6.75. The van der Waals surface area contributed by atoms with Crippen LogP contribution in [0.25, 0.3) is 0 Å². The molecule has 29 heavy (non-hydrogen) atoms. The Bertz CT molecular complexity index is 808. The van der Waals surface area contributed by atoms with E-state index in [9.17, 15) is 24.6 Å². The lowest BCUT2D eigenvalue weighted by atomic mass is 10.0. The van der Waals surface area contributed by atoms with Crippen LogP contribution in [0.1, 0.15) is 18.3 Å². The third-order valence-electron chi connectivity index (χ3n) is 4.54. The molecule has 2 aromatic rings. The number of aliphatic carboxylic acids is 2. The van der Waals surface area contributed by atoms with Crippen molar-refractivity contribution >= 4 is 17.8 Å².